The molecular formula is C50H30O. The van der Waals surface area contributed by atoms with Gasteiger partial charge in [0.05, 0.1) is 6.85 Å². The van der Waals surface area contributed by atoms with Crippen molar-refractivity contribution in [3.63, 3.8) is 0 Å². The summed E-state index contributed by atoms with van der Waals surface area (Å²) < 4.78 is 49.7. The van der Waals surface area contributed by atoms with Crippen molar-refractivity contribution in [2.45, 2.75) is 0 Å². The lowest BCUT2D eigenvalue weighted by molar-refractivity contribution is 0.669. The zero-order valence-corrected chi connectivity index (χ0v) is 27.3. The monoisotopic (exact) mass is 651 g/mol. The number of fused-ring (bicyclic) bond motifs is 9. The molecule has 0 spiro atoms. The molecule has 0 atom stereocenters. The van der Waals surface area contributed by atoms with Crippen LogP contribution in [0.5, 0.6) is 0 Å². The summed E-state index contributed by atoms with van der Waals surface area (Å²) in [7, 11) is 0. The SMILES string of the molecule is [2H]c1c([2H])c([2H])c(-c2ccc3c(-c4cccc5oc6cc7ccccc7cc6c45)c4ccccc4c(-c4cccc5c4ccc4ccccc45)c3c2)c([2H])c1[2H]. The average molecular weight is 652 g/mol. The van der Waals surface area contributed by atoms with Crippen molar-refractivity contribution in [3.8, 4) is 33.4 Å². The van der Waals surface area contributed by atoms with E-state index in [0.29, 0.717) is 5.56 Å². The first-order valence-electron chi connectivity index (χ1n) is 19.7. The van der Waals surface area contributed by atoms with Gasteiger partial charge in [0.2, 0.25) is 0 Å². The molecule has 0 saturated heterocycles. The van der Waals surface area contributed by atoms with Crippen LogP contribution < -0.4 is 0 Å². The van der Waals surface area contributed by atoms with Gasteiger partial charge in [-0.1, -0.05) is 158 Å². The van der Waals surface area contributed by atoms with Crippen LogP contribution in [0.1, 0.15) is 6.85 Å². The first-order chi connectivity index (χ1) is 27.4. The Morgan fingerprint density at radius 3 is 1.80 bits per heavy atom. The standard InChI is InChI=1S/C50H30O/c1-2-12-31(13-3-1)35-25-27-42-44(28-35)49(39-21-10-20-37-36-17-7-6-14-32(36)24-26-38(37)39)41-19-9-8-18-40(41)48(42)43-22-11-23-46-50(43)45-29-33-15-4-5-16-34(33)30-47(45)51-46/h1-30H/i1D,2D,3D,12D,13D. The van der Waals surface area contributed by atoms with Gasteiger partial charge in [0.25, 0.3) is 0 Å². The van der Waals surface area contributed by atoms with Crippen molar-refractivity contribution in [2.75, 3.05) is 0 Å². The summed E-state index contributed by atoms with van der Waals surface area (Å²) >= 11 is 0. The third-order valence-electron chi connectivity index (χ3n) is 10.5. The summed E-state index contributed by atoms with van der Waals surface area (Å²) in [5, 5.41) is 12.9. The largest absolute Gasteiger partial charge is 0.456 e. The molecule has 0 aliphatic carbocycles. The van der Waals surface area contributed by atoms with E-state index in [2.05, 4.69) is 121 Å². The smallest absolute Gasteiger partial charge is 0.136 e. The van der Waals surface area contributed by atoms with Crippen LogP contribution in [0.15, 0.2) is 186 Å². The molecule has 1 heterocycles. The van der Waals surface area contributed by atoms with Gasteiger partial charge < -0.3 is 4.42 Å². The van der Waals surface area contributed by atoms with Gasteiger partial charge in [0.15, 0.2) is 0 Å². The lowest BCUT2D eigenvalue weighted by Gasteiger charge is -2.20. The fourth-order valence-electron chi connectivity index (χ4n) is 8.29. The predicted octanol–water partition coefficient (Wildman–Crippen LogP) is 14.4. The van der Waals surface area contributed by atoms with Crippen molar-refractivity contribution >= 4 is 75.8 Å². The van der Waals surface area contributed by atoms with Crippen LogP contribution >= 0.6 is 0 Å². The van der Waals surface area contributed by atoms with Crippen molar-refractivity contribution in [1.82, 2.24) is 0 Å². The van der Waals surface area contributed by atoms with Gasteiger partial charge in [-0.25, -0.2) is 0 Å². The molecule has 10 aromatic carbocycles. The molecule has 0 N–H and O–H groups in total. The van der Waals surface area contributed by atoms with E-state index >= 15 is 0 Å². The Kier molecular flexibility index (Phi) is 5.05. The van der Waals surface area contributed by atoms with E-state index in [-0.39, 0.29) is 29.7 Å². The van der Waals surface area contributed by atoms with Gasteiger partial charge in [-0.2, -0.15) is 0 Å². The maximum Gasteiger partial charge on any atom is 0.136 e. The molecule has 1 aromatic heterocycles. The van der Waals surface area contributed by atoms with Gasteiger partial charge >= 0.3 is 0 Å². The molecule has 0 unspecified atom stereocenters. The second kappa shape index (κ2) is 10.9. The molecule has 51 heavy (non-hydrogen) atoms. The van der Waals surface area contributed by atoms with E-state index in [9.17, 15) is 0 Å². The second-order valence-corrected chi connectivity index (χ2v) is 13.2. The molecule has 0 fully saturated rings. The topological polar surface area (TPSA) is 13.1 Å². The Hall–Kier alpha value is -6.70. The summed E-state index contributed by atoms with van der Waals surface area (Å²) in [5.74, 6) is 0. The molecule has 0 aliphatic heterocycles. The second-order valence-electron chi connectivity index (χ2n) is 13.2. The quantitative estimate of drug-likeness (QED) is 0.137. The zero-order valence-electron chi connectivity index (χ0n) is 32.3. The molecule has 11 aromatic rings. The van der Waals surface area contributed by atoms with E-state index in [1.807, 2.05) is 30.3 Å². The molecule has 0 bridgehead atoms. The Morgan fingerprint density at radius 2 is 0.980 bits per heavy atom. The highest BCUT2D eigenvalue weighted by Gasteiger charge is 2.22. The zero-order chi connectivity index (χ0) is 37.8. The summed E-state index contributed by atoms with van der Waals surface area (Å²) in [5.41, 5.74) is 6.50. The van der Waals surface area contributed by atoms with E-state index in [1.165, 1.54) is 10.8 Å². The van der Waals surface area contributed by atoms with E-state index in [0.717, 1.165) is 87.3 Å². The maximum absolute atomic E-state index is 8.91. The minimum Gasteiger partial charge on any atom is -0.456 e. The highest BCUT2D eigenvalue weighted by Crippen LogP contribution is 2.49. The molecule has 0 saturated carbocycles. The number of furan rings is 1. The number of rotatable bonds is 3. The minimum atomic E-state index is -0.408. The first-order valence-corrected chi connectivity index (χ1v) is 17.2. The van der Waals surface area contributed by atoms with Crippen LogP contribution in [-0.2, 0) is 0 Å². The van der Waals surface area contributed by atoms with Gasteiger partial charge in [-0.05, 0) is 112 Å². The number of hydrogen-bond donors (Lipinski definition) is 0. The van der Waals surface area contributed by atoms with Gasteiger partial charge in [0, 0.05) is 10.8 Å². The Balaban J connectivity index is 1.32. The molecule has 0 radical (unpaired) electrons. The summed E-state index contributed by atoms with van der Waals surface area (Å²) in [6.45, 7) is 0. The lowest BCUT2D eigenvalue weighted by Crippen LogP contribution is -1.93. The van der Waals surface area contributed by atoms with E-state index in [1.54, 1.807) is 0 Å². The van der Waals surface area contributed by atoms with Crippen molar-refractivity contribution in [3.05, 3.63) is 182 Å². The Labute approximate surface area is 301 Å². The van der Waals surface area contributed by atoms with Gasteiger partial charge in [-0.3, -0.25) is 0 Å². The van der Waals surface area contributed by atoms with Crippen LogP contribution in [0.4, 0.5) is 0 Å². The van der Waals surface area contributed by atoms with Crippen molar-refractivity contribution < 1.29 is 11.3 Å². The molecule has 0 amide bonds. The molecule has 0 aliphatic rings. The van der Waals surface area contributed by atoms with Gasteiger partial charge in [-0.15, -0.1) is 0 Å². The van der Waals surface area contributed by atoms with Crippen LogP contribution in [0.25, 0.3) is 109 Å². The van der Waals surface area contributed by atoms with Crippen LogP contribution in [0, 0.1) is 0 Å². The molecule has 1 nitrogen and oxygen atoms in total. The normalized spacial score (nSPS) is 13.3. The maximum atomic E-state index is 8.91. The predicted molar refractivity (Wildman–Crippen MR) is 218 cm³/mol. The fraction of sp³-hybridized carbons (Fsp3) is 0. The van der Waals surface area contributed by atoms with Gasteiger partial charge in [0.1, 0.15) is 11.2 Å². The number of hydrogen-bond acceptors (Lipinski definition) is 1. The molecular weight excluding hydrogens is 617 g/mol. The third kappa shape index (κ3) is 4.22. The van der Waals surface area contributed by atoms with Crippen molar-refractivity contribution in [1.29, 1.82) is 0 Å². The van der Waals surface area contributed by atoms with E-state index in [4.69, 9.17) is 11.3 Å². The lowest BCUT2D eigenvalue weighted by atomic mass is 9.82. The minimum absolute atomic E-state index is 0.178. The third-order valence-corrected chi connectivity index (χ3v) is 10.5. The highest BCUT2D eigenvalue weighted by molar-refractivity contribution is 6.28. The molecule has 236 valence electrons. The summed E-state index contributed by atoms with van der Waals surface area (Å²) in [4.78, 5) is 0. The Morgan fingerprint density at radius 1 is 0.353 bits per heavy atom. The average Bonchev–Trinajstić information content (AvgIpc) is 3.60. The van der Waals surface area contributed by atoms with Crippen molar-refractivity contribution in [2.24, 2.45) is 0 Å². The molecule has 1 heteroatoms. The van der Waals surface area contributed by atoms with Crippen LogP contribution in [-0.4, -0.2) is 0 Å². The van der Waals surface area contributed by atoms with Crippen LogP contribution in [0.2, 0.25) is 0 Å². The van der Waals surface area contributed by atoms with Crippen LogP contribution in [0.3, 0.4) is 0 Å². The Bertz CT molecular complexity index is 3460. The summed E-state index contributed by atoms with van der Waals surface area (Å²) in [6, 6.07) is 51.1. The van der Waals surface area contributed by atoms with E-state index < -0.39 is 6.04 Å². The molecule has 11 rings (SSSR count). The first kappa shape index (κ1) is 23.6. The highest BCUT2D eigenvalue weighted by atomic mass is 16.3. The number of benzene rings is 10. The summed E-state index contributed by atoms with van der Waals surface area (Å²) in [6.07, 6.45) is 0. The fourth-order valence-corrected chi connectivity index (χ4v) is 8.29.